The molecular formula is C8H6BrFO4S. The lowest BCUT2D eigenvalue weighted by Crippen LogP contribution is -2.03. The normalized spacial score (nSPS) is 11.1. The molecule has 0 N–H and O–H groups in total. The van der Waals surface area contributed by atoms with Gasteiger partial charge in [-0.2, -0.15) is 8.42 Å². The van der Waals surface area contributed by atoms with Gasteiger partial charge in [0.1, 0.15) is 4.90 Å². The molecule has 0 aliphatic rings. The Bertz CT molecular complexity index is 497. The Morgan fingerprint density at radius 2 is 2.00 bits per heavy atom. The van der Waals surface area contributed by atoms with Gasteiger partial charge in [-0.25, -0.2) is 4.79 Å². The molecular weight excluding hydrogens is 291 g/mol. The van der Waals surface area contributed by atoms with E-state index in [1.54, 1.807) is 0 Å². The third kappa shape index (κ3) is 3.00. The molecule has 1 aromatic rings. The predicted octanol–water partition coefficient (Wildman–Crippen LogP) is 1.89. The highest BCUT2D eigenvalue weighted by molar-refractivity contribution is 9.10. The molecule has 0 heterocycles. The van der Waals surface area contributed by atoms with Gasteiger partial charge in [0.05, 0.1) is 12.7 Å². The maximum absolute atomic E-state index is 12.6. The van der Waals surface area contributed by atoms with Gasteiger partial charge in [-0.1, -0.05) is 15.9 Å². The minimum Gasteiger partial charge on any atom is -0.465 e. The van der Waals surface area contributed by atoms with Crippen molar-refractivity contribution in [3.05, 3.63) is 28.2 Å². The minimum atomic E-state index is -4.83. The number of hydrogen-bond donors (Lipinski definition) is 0. The highest BCUT2D eigenvalue weighted by Crippen LogP contribution is 2.21. The standard InChI is InChI=1S/C8H6BrFO4S/c1-14-8(11)5-2-6(9)4-7(3-5)15(10,12)13/h2-4H,1H3. The number of methoxy groups -OCH3 is 1. The number of benzene rings is 1. The van der Waals surface area contributed by atoms with Crippen LogP contribution in [0.5, 0.6) is 0 Å². The van der Waals surface area contributed by atoms with Crippen molar-refractivity contribution in [2.45, 2.75) is 4.90 Å². The van der Waals surface area contributed by atoms with Crippen molar-refractivity contribution in [2.24, 2.45) is 0 Å². The summed E-state index contributed by atoms with van der Waals surface area (Å²) >= 11 is 2.96. The summed E-state index contributed by atoms with van der Waals surface area (Å²) < 4.78 is 38.5. The van der Waals surface area contributed by atoms with Crippen molar-refractivity contribution in [2.75, 3.05) is 7.11 Å². The van der Waals surface area contributed by atoms with Crippen LogP contribution in [-0.2, 0) is 15.0 Å². The summed E-state index contributed by atoms with van der Waals surface area (Å²) in [6, 6.07) is 3.30. The molecule has 0 aliphatic heterocycles. The summed E-state index contributed by atoms with van der Waals surface area (Å²) in [5.41, 5.74) is -0.0388. The maximum atomic E-state index is 12.6. The highest BCUT2D eigenvalue weighted by atomic mass is 79.9. The van der Waals surface area contributed by atoms with Crippen LogP contribution >= 0.6 is 15.9 Å². The highest BCUT2D eigenvalue weighted by Gasteiger charge is 2.16. The molecule has 0 unspecified atom stereocenters. The van der Waals surface area contributed by atoms with Crippen LogP contribution < -0.4 is 0 Å². The van der Waals surface area contributed by atoms with E-state index in [0.717, 1.165) is 19.2 Å². The van der Waals surface area contributed by atoms with Gasteiger partial charge >= 0.3 is 16.2 Å². The molecule has 0 spiro atoms. The summed E-state index contributed by atoms with van der Waals surface area (Å²) in [6.45, 7) is 0. The monoisotopic (exact) mass is 296 g/mol. The van der Waals surface area contributed by atoms with Crippen LogP contribution in [0.15, 0.2) is 27.6 Å². The molecule has 0 amide bonds. The number of esters is 1. The van der Waals surface area contributed by atoms with E-state index in [9.17, 15) is 17.1 Å². The van der Waals surface area contributed by atoms with Gasteiger partial charge < -0.3 is 4.74 Å². The average molecular weight is 297 g/mol. The second kappa shape index (κ2) is 4.28. The molecule has 0 bridgehead atoms. The van der Waals surface area contributed by atoms with Gasteiger partial charge in [-0.3, -0.25) is 0 Å². The Morgan fingerprint density at radius 3 is 2.47 bits per heavy atom. The Morgan fingerprint density at radius 1 is 1.40 bits per heavy atom. The van der Waals surface area contributed by atoms with Crippen LogP contribution in [0.4, 0.5) is 3.89 Å². The maximum Gasteiger partial charge on any atom is 0.337 e. The third-order valence-electron chi connectivity index (χ3n) is 1.57. The van der Waals surface area contributed by atoms with Crippen LogP contribution in [0, 0.1) is 0 Å². The zero-order valence-corrected chi connectivity index (χ0v) is 9.93. The molecule has 0 atom stereocenters. The largest absolute Gasteiger partial charge is 0.465 e. The molecule has 0 aromatic heterocycles. The second-order valence-electron chi connectivity index (χ2n) is 2.61. The Balaban J connectivity index is 3.35. The predicted molar refractivity (Wildman–Crippen MR) is 53.8 cm³/mol. The van der Waals surface area contributed by atoms with Crippen molar-refractivity contribution in [3.8, 4) is 0 Å². The SMILES string of the molecule is COC(=O)c1cc(Br)cc(S(=O)(=O)F)c1. The van der Waals surface area contributed by atoms with E-state index in [0.29, 0.717) is 0 Å². The zero-order valence-electron chi connectivity index (χ0n) is 7.53. The first-order valence-electron chi connectivity index (χ1n) is 3.68. The van der Waals surface area contributed by atoms with Gasteiger partial charge in [-0.15, -0.1) is 3.89 Å². The summed E-state index contributed by atoms with van der Waals surface area (Å²) in [7, 11) is -3.68. The molecule has 0 aliphatic carbocycles. The van der Waals surface area contributed by atoms with Gasteiger partial charge in [-0.05, 0) is 18.2 Å². The van der Waals surface area contributed by atoms with Gasteiger partial charge in [0.25, 0.3) is 0 Å². The Kier molecular flexibility index (Phi) is 3.46. The number of carbonyl (C=O) groups excluding carboxylic acids is 1. The lowest BCUT2D eigenvalue weighted by atomic mass is 10.2. The molecule has 1 rings (SSSR count). The summed E-state index contributed by atoms with van der Waals surface area (Å²) in [5, 5.41) is 0. The van der Waals surface area contributed by atoms with Crippen LogP contribution in [0.25, 0.3) is 0 Å². The smallest absolute Gasteiger partial charge is 0.337 e. The fourth-order valence-corrected chi connectivity index (χ4v) is 2.12. The van der Waals surface area contributed by atoms with Crippen LogP contribution in [-0.4, -0.2) is 21.5 Å². The number of carbonyl (C=O) groups is 1. The number of ether oxygens (including phenoxy) is 1. The molecule has 82 valence electrons. The van der Waals surface area contributed by atoms with Crippen molar-refractivity contribution < 1.29 is 21.8 Å². The van der Waals surface area contributed by atoms with E-state index in [2.05, 4.69) is 20.7 Å². The van der Waals surface area contributed by atoms with E-state index < -0.39 is 21.1 Å². The van der Waals surface area contributed by atoms with E-state index in [4.69, 9.17) is 0 Å². The molecule has 0 saturated carbocycles. The first kappa shape index (κ1) is 12.1. The van der Waals surface area contributed by atoms with E-state index in [1.165, 1.54) is 6.07 Å². The lowest BCUT2D eigenvalue weighted by molar-refractivity contribution is 0.0600. The van der Waals surface area contributed by atoms with Gasteiger partial charge in [0.2, 0.25) is 0 Å². The zero-order chi connectivity index (χ0) is 11.6. The Labute approximate surface area is 94.4 Å². The quantitative estimate of drug-likeness (QED) is 0.618. The summed E-state index contributed by atoms with van der Waals surface area (Å²) in [4.78, 5) is 10.5. The number of hydrogen-bond acceptors (Lipinski definition) is 4. The number of halogens is 2. The summed E-state index contributed by atoms with van der Waals surface area (Å²) in [5.74, 6) is -0.735. The Hall–Kier alpha value is -0.950. The van der Waals surface area contributed by atoms with Crippen molar-refractivity contribution in [3.63, 3.8) is 0 Å². The van der Waals surface area contributed by atoms with Crippen LogP contribution in [0.1, 0.15) is 10.4 Å². The number of rotatable bonds is 2. The van der Waals surface area contributed by atoms with E-state index in [1.807, 2.05) is 0 Å². The molecule has 0 saturated heterocycles. The van der Waals surface area contributed by atoms with Gasteiger partial charge in [0.15, 0.2) is 0 Å². The fraction of sp³-hybridized carbons (Fsp3) is 0.125. The molecule has 7 heteroatoms. The summed E-state index contributed by atoms with van der Waals surface area (Å²) in [6.07, 6.45) is 0. The molecule has 0 fully saturated rings. The molecule has 4 nitrogen and oxygen atoms in total. The average Bonchev–Trinajstić information content (AvgIpc) is 2.14. The van der Waals surface area contributed by atoms with Gasteiger partial charge in [0, 0.05) is 4.47 Å². The first-order chi connectivity index (χ1) is 6.84. The second-order valence-corrected chi connectivity index (χ2v) is 4.87. The van der Waals surface area contributed by atoms with Crippen molar-refractivity contribution >= 4 is 32.1 Å². The van der Waals surface area contributed by atoms with Crippen molar-refractivity contribution in [1.29, 1.82) is 0 Å². The minimum absolute atomic E-state index is 0.0388. The molecule has 0 radical (unpaired) electrons. The molecule has 1 aromatic carbocycles. The van der Waals surface area contributed by atoms with E-state index in [-0.39, 0.29) is 10.0 Å². The van der Waals surface area contributed by atoms with Crippen molar-refractivity contribution in [1.82, 2.24) is 0 Å². The fourth-order valence-electron chi connectivity index (χ4n) is 0.939. The third-order valence-corrected chi connectivity index (χ3v) is 2.83. The topological polar surface area (TPSA) is 60.4 Å². The molecule has 15 heavy (non-hydrogen) atoms. The lowest BCUT2D eigenvalue weighted by Gasteiger charge is -2.02. The first-order valence-corrected chi connectivity index (χ1v) is 5.86. The van der Waals surface area contributed by atoms with E-state index >= 15 is 0 Å². The van der Waals surface area contributed by atoms with Crippen LogP contribution in [0.2, 0.25) is 0 Å². The van der Waals surface area contributed by atoms with Crippen LogP contribution in [0.3, 0.4) is 0 Å².